The molecule has 4 heterocycles. The van der Waals surface area contributed by atoms with Crippen LogP contribution in [0, 0.1) is 5.41 Å². The summed E-state index contributed by atoms with van der Waals surface area (Å²) in [6, 6.07) is 3.78. The van der Waals surface area contributed by atoms with Crippen molar-refractivity contribution in [2.24, 2.45) is 10.4 Å². The van der Waals surface area contributed by atoms with Crippen molar-refractivity contribution in [2.75, 3.05) is 33.4 Å². The lowest BCUT2D eigenvalue weighted by Crippen LogP contribution is -2.41. The number of guanidine groups is 1. The third-order valence-corrected chi connectivity index (χ3v) is 5.25. The normalized spacial score (nSPS) is 23.4. The Morgan fingerprint density at radius 2 is 2.28 bits per heavy atom. The van der Waals surface area contributed by atoms with Crippen molar-refractivity contribution in [2.45, 2.75) is 19.4 Å². The molecule has 1 atom stereocenters. The van der Waals surface area contributed by atoms with E-state index in [0.29, 0.717) is 17.0 Å². The summed E-state index contributed by atoms with van der Waals surface area (Å²) in [7, 11) is 1.84. The van der Waals surface area contributed by atoms with Gasteiger partial charge >= 0.3 is 0 Å². The highest BCUT2D eigenvalue weighted by molar-refractivity contribution is 14.0. The first-order valence-electron chi connectivity index (χ1n) is 8.34. The summed E-state index contributed by atoms with van der Waals surface area (Å²) in [6.45, 7) is 4.47. The molecule has 0 aliphatic carbocycles. The summed E-state index contributed by atoms with van der Waals surface area (Å²) in [6.07, 6.45) is 6.21. The van der Waals surface area contributed by atoms with Gasteiger partial charge in [-0.3, -0.25) is 4.99 Å². The zero-order valence-corrected chi connectivity index (χ0v) is 17.3. The van der Waals surface area contributed by atoms with Gasteiger partial charge in [-0.05, 0) is 25.0 Å². The van der Waals surface area contributed by atoms with Crippen LogP contribution >= 0.6 is 35.6 Å². The summed E-state index contributed by atoms with van der Waals surface area (Å²) in [5.41, 5.74) is 2.20. The molecule has 2 fully saturated rings. The summed E-state index contributed by atoms with van der Waals surface area (Å²) in [5.74, 6) is 0.939. The van der Waals surface area contributed by atoms with Crippen LogP contribution in [0.4, 0.5) is 0 Å². The van der Waals surface area contributed by atoms with Gasteiger partial charge in [0.05, 0.1) is 23.9 Å². The fourth-order valence-corrected chi connectivity index (χ4v) is 3.86. The number of aliphatic imine (C=N–C) groups is 1. The molecule has 0 aromatic carbocycles. The number of likely N-dealkylation sites (tertiary alicyclic amines) is 1. The van der Waals surface area contributed by atoms with Gasteiger partial charge in [-0.2, -0.15) is 0 Å². The first kappa shape index (κ1) is 18.7. The standard InChI is InChI=1S/C17H22ClN5O.HI/c1-19-16(22-6-4-17(11-22)5-7-24-12-17)20-8-14-10-23-9-13(18)2-3-15(23)21-14;/h2-3,9-10H,4-8,11-12H2,1H3,(H,19,20);1H. The Morgan fingerprint density at radius 1 is 1.40 bits per heavy atom. The second kappa shape index (κ2) is 7.67. The van der Waals surface area contributed by atoms with Gasteiger partial charge in [-0.15, -0.1) is 24.0 Å². The summed E-state index contributed by atoms with van der Waals surface area (Å²) in [4.78, 5) is 11.4. The molecule has 0 bridgehead atoms. The molecule has 1 N–H and O–H groups in total. The van der Waals surface area contributed by atoms with E-state index in [4.69, 9.17) is 16.3 Å². The number of nitrogens with zero attached hydrogens (tertiary/aromatic N) is 4. The number of hydrogen-bond donors (Lipinski definition) is 1. The predicted molar refractivity (Wildman–Crippen MR) is 110 cm³/mol. The minimum absolute atomic E-state index is 0. The summed E-state index contributed by atoms with van der Waals surface area (Å²) in [5, 5.41) is 4.14. The molecular weight excluding hydrogens is 453 g/mol. The lowest BCUT2D eigenvalue weighted by Gasteiger charge is -2.24. The number of fused-ring (bicyclic) bond motifs is 1. The molecule has 2 saturated heterocycles. The third-order valence-electron chi connectivity index (χ3n) is 5.03. The molecule has 2 aliphatic rings. The summed E-state index contributed by atoms with van der Waals surface area (Å²) >= 11 is 6.02. The van der Waals surface area contributed by atoms with Gasteiger partial charge in [0.15, 0.2) is 5.96 Å². The first-order valence-corrected chi connectivity index (χ1v) is 8.72. The fraction of sp³-hybridized carbons (Fsp3) is 0.529. The van der Waals surface area contributed by atoms with E-state index in [1.54, 1.807) is 0 Å². The Kier molecular flexibility index (Phi) is 5.75. The molecule has 136 valence electrons. The number of ether oxygens (including phenoxy) is 1. The van der Waals surface area contributed by atoms with Crippen LogP contribution in [0.25, 0.3) is 5.65 Å². The molecule has 2 aliphatic heterocycles. The third kappa shape index (κ3) is 3.88. The molecule has 25 heavy (non-hydrogen) atoms. The van der Waals surface area contributed by atoms with E-state index in [-0.39, 0.29) is 24.0 Å². The Hall–Kier alpha value is -1.06. The Morgan fingerprint density at radius 3 is 3.04 bits per heavy atom. The van der Waals surface area contributed by atoms with E-state index in [0.717, 1.165) is 50.0 Å². The monoisotopic (exact) mass is 475 g/mol. The maximum Gasteiger partial charge on any atom is 0.193 e. The van der Waals surface area contributed by atoms with Gasteiger partial charge in [0, 0.05) is 44.6 Å². The van der Waals surface area contributed by atoms with Crippen LogP contribution in [0.5, 0.6) is 0 Å². The van der Waals surface area contributed by atoms with E-state index in [1.165, 1.54) is 6.42 Å². The molecule has 0 radical (unpaired) electrons. The first-order chi connectivity index (χ1) is 11.7. The molecule has 2 aromatic rings. The second-order valence-electron chi connectivity index (χ2n) is 6.72. The Labute approximate surface area is 169 Å². The highest BCUT2D eigenvalue weighted by Gasteiger charge is 2.42. The molecule has 8 heteroatoms. The maximum atomic E-state index is 6.02. The van der Waals surface area contributed by atoms with Crippen LogP contribution < -0.4 is 5.32 Å². The molecule has 0 amide bonds. The van der Waals surface area contributed by atoms with Gasteiger partial charge < -0.3 is 19.4 Å². The number of aromatic nitrogens is 2. The van der Waals surface area contributed by atoms with Gasteiger partial charge in [0.2, 0.25) is 0 Å². The quantitative estimate of drug-likeness (QED) is 0.412. The van der Waals surface area contributed by atoms with Crippen molar-refractivity contribution in [1.29, 1.82) is 0 Å². The molecule has 6 nitrogen and oxygen atoms in total. The number of halogens is 2. The van der Waals surface area contributed by atoms with E-state index in [9.17, 15) is 0 Å². The average molecular weight is 476 g/mol. The Balaban J connectivity index is 0.00000182. The van der Waals surface area contributed by atoms with Crippen molar-refractivity contribution in [3.8, 4) is 0 Å². The fourth-order valence-electron chi connectivity index (χ4n) is 3.69. The zero-order valence-electron chi connectivity index (χ0n) is 14.2. The van der Waals surface area contributed by atoms with Gasteiger partial charge in [-0.25, -0.2) is 4.98 Å². The van der Waals surface area contributed by atoms with Crippen molar-refractivity contribution in [3.05, 3.63) is 35.2 Å². The van der Waals surface area contributed by atoms with Crippen molar-refractivity contribution in [3.63, 3.8) is 0 Å². The van der Waals surface area contributed by atoms with Gasteiger partial charge in [-0.1, -0.05) is 11.6 Å². The van der Waals surface area contributed by atoms with Crippen LogP contribution in [0.2, 0.25) is 5.02 Å². The largest absolute Gasteiger partial charge is 0.381 e. The lowest BCUT2D eigenvalue weighted by atomic mass is 9.87. The maximum absolute atomic E-state index is 6.02. The molecule has 0 saturated carbocycles. The van der Waals surface area contributed by atoms with E-state index < -0.39 is 0 Å². The van der Waals surface area contributed by atoms with Gasteiger partial charge in [0.1, 0.15) is 5.65 Å². The predicted octanol–water partition coefficient (Wildman–Crippen LogP) is 2.79. The Bertz CT molecular complexity index is 771. The van der Waals surface area contributed by atoms with E-state index in [2.05, 4.69) is 20.2 Å². The molecule has 1 unspecified atom stereocenters. The van der Waals surface area contributed by atoms with Crippen molar-refractivity contribution < 1.29 is 4.74 Å². The SMILES string of the molecule is CN=C(NCc1cn2cc(Cl)ccc2n1)N1CCC2(CCOC2)C1.I. The number of nitrogens with one attached hydrogen (secondary N) is 1. The summed E-state index contributed by atoms with van der Waals surface area (Å²) < 4.78 is 7.55. The van der Waals surface area contributed by atoms with E-state index >= 15 is 0 Å². The van der Waals surface area contributed by atoms with E-state index in [1.807, 2.05) is 36.0 Å². The number of pyridine rings is 1. The number of imidazole rings is 1. The van der Waals surface area contributed by atoms with Crippen molar-refractivity contribution >= 4 is 47.2 Å². The van der Waals surface area contributed by atoms with Crippen LogP contribution in [0.3, 0.4) is 0 Å². The highest BCUT2D eigenvalue weighted by Crippen LogP contribution is 2.38. The minimum Gasteiger partial charge on any atom is -0.381 e. The molecule has 2 aromatic heterocycles. The minimum atomic E-state index is 0. The molecule has 1 spiro atoms. The van der Waals surface area contributed by atoms with Gasteiger partial charge in [0.25, 0.3) is 0 Å². The van der Waals surface area contributed by atoms with Crippen LogP contribution in [-0.2, 0) is 11.3 Å². The second-order valence-corrected chi connectivity index (χ2v) is 7.16. The smallest absolute Gasteiger partial charge is 0.193 e. The average Bonchev–Trinajstić information content (AvgIpc) is 3.29. The number of rotatable bonds is 2. The topological polar surface area (TPSA) is 54.2 Å². The highest BCUT2D eigenvalue weighted by atomic mass is 127. The van der Waals surface area contributed by atoms with Crippen LogP contribution in [0.15, 0.2) is 29.5 Å². The van der Waals surface area contributed by atoms with Crippen LogP contribution in [0.1, 0.15) is 18.5 Å². The zero-order chi connectivity index (χ0) is 16.6. The lowest BCUT2D eigenvalue weighted by molar-refractivity contribution is 0.156. The van der Waals surface area contributed by atoms with Crippen LogP contribution in [-0.4, -0.2) is 53.6 Å². The molecular formula is C17H23ClIN5O. The molecule has 4 rings (SSSR count). The number of hydrogen-bond acceptors (Lipinski definition) is 3. The van der Waals surface area contributed by atoms with Crippen molar-refractivity contribution in [1.82, 2.24) is 19.6 Å².